The van der Waals surface area contributed by atoms with Crippen LogP contribution < -0.4 is 0 Å². The third kappa shape index (κ3) is 14.3. The number of aliphatic carboxylic acids is 2. The number of carboxylic acids is 2. The topological polar surface area (TPSA) is 74.6 Å². The van der Waals surface area contributed by atoms with Crippen LogP contribution in [0.3, 0.4) is 0 Å². The molecule has 0 aromatic heterocycles. The van der Waals surface area contributed by atoms with Crippen molar-refractivity contribution < 1.29 is 24.3 Å². The van der Waals surface area contributed by atoms with Crippen LogP contribution in [0.4, 0.5) is 0 Å². The summed E-state index contributed by atoms with van der Waals surface area (Å²) in [6, 6.07) is 10.6. The summed E-state index contributed by atoms with van der Waals surface area (Å²) < 4.78 is 0.990. The van der Waals surface area contributed by atoms with Gasteiger partial charge in [-0.15, -0.1) is 0 Å². The van der Waals surface area contributed by atoms with Crippen molar-refractivity contribution in [2.24, 2.45) is 0 Å². The summed E-state index contributed by atoms with van der Waals surface area (Å²) in [4.78, 5) is 19.8. The molecule has 0 radical (unpaired) electrons. The lowest BCUT2D eigenvalue weighted by Crippen LogP contribution is -2.33. The SMILES string of the molecule is C[N+](C)(C)Cc1ccccc1.O=C(O)CCCCC(=O)O. The number of unbranched alkanes of at least 4 members (excludes halogenated alkanes) is 1. The molecule has 1 rings (SSSR count). The fourth-order valence-electron chi connectivity index (χ4n) is 1.68. The second kappa shape index (κ2) is 9.94. The number of benzene rings is 1. The lowest BCUT2D eigenvalue weighted by atomic mass is 10.2. The summed E-state index contributed by atoms with van der Waals surface area (Å²) in [6.07, 6.45) is 1.02. The molecule has 1 aromatic carbocycles. The fourth-order valence-corrected chi connectivity index (χ4v) is 1.68. The standard InChI is InChI=1S/C10H16N.C6H10O4/c1-11(2,3)9-10-7-5-4-6-8-10;7-5(8)3-1-2-4-6(9)10/h4-8H,9H2,1-3H3;1-4H2,(H,7,8)(H,9,10)/q+1;. The second-order valence-electron chi connectivity index (χ2n) is 5.93. The summed E-state index contributed by atoms with van der Waals surface area (Å²) in [6.45, 7) is 1.10. The quantitative estimate of drug-likeness (QED) is 0.599. The van der Waals surface area contributed by atoms with Gasteiger partial charge in [-0.1, -0.05) is 30.3 Å². The zero-order chi connectivity index (χ0) is 16.3. The molecule has 0 saturated carbocycles. The summed E-state index contributed by atoms with van der Waals surface area (Å²) >= 11 is 0. The Morgan fingerprint density at radius 3 is 1.67 bits per heavy atom. The average Bonchev–Trinajstić information content (AvgIpc) is 2.34. The lowest BCUT2D eigenvalue weighted by Gasteiger charge is -2.23. The van der Waals surface area contributed by atoms with E-state index in [-0.39, 0.29) is 12.8 Å². The largest absolute Gasteiger partial charge is 0.481 e. The van der Waals surface area contributed by atoms with E-state index in [2.05, 4.69) is 51.5 Å². The van der Waals surface area contributed by atoms with E-state index < -0.39 is 11.9 Å². The third-order valence-corrected chi connectivity index (χ3v) is 2.53. The van der Waals surface area contributed by atoms with E-state index in [1.807, 2.05) is 0 Å². The van der Waals surface area contributed by atoms with Gasteiger partial charge >= 0.3 is 11.9 Å². The Bertz CT molecular complexity index is 408. The maximum Gasteiger partial charge on any atom is 0.303 e. The van der Waals surface area contributed by atoms with Crippen LogP contribution in [0.5, 0.6) is 0 Å². The number of quaternary nitrogens is 1. The van der Waals surface area contributed by atoms with Crippen molar-refractivity contribution in [2.45, 2.75) is 32.2 Å². The smallest absolute Gasteiger partial charge is 0.303 e. The first kappa shape index (κ1) is 19.1. The van der Waals surface area contributed by atoms with Crippen molar-refractivity contribution in [2.75, 3.05) is 21.1 Å². The normalized spacial score (nSPS) is 10.4. The molecule has 1 aromatic rings. The number of hydrogen-bond donors (Lipinski definition) is 2. The van der Waals surface area contributed by atoms with Crippen LogP contribution in [0, 0.1) is 0 Å². The van der Waals surface area contributed by atoms with E-state index in [1.54, 1.807) is 0 Å². The van der Waals surface area contributed by atoms with Crippen LogP contribution in [0.15, 0.2) is 30.3 Å². The highest BCUT2D eigenvalue weighted by molar-refractivity contribution is 5.67. The average molecular weight is 296 g/mol. The van der Waals surface area contributed by atoms with E-state index in [9.17, 15) is 9.59 Å². The van der Waals surface area contributed by atoms with Crippen molar-refractivity contribution in [1.82, 2.24) is 0 Å². The highest BCUT2D eigenvalue weighted by Gasteiger charge is 2.06. The van der Waals surface area contributed by atoms with Gasteiger partial charge in [-0.3, -0.25) is 9.59 Å². The maximum atomic E-state index is 9.90. The molecule has 0 amide bonds. The number of nitrogens with zero attached hydrogens (tertiary/aromatic N) is 1. The molecule has 0 unspecified atom stereocenters. The van der Waals surface area contributed by atoms with Crippen molar-refractivity contribution in [3.05, 3.63) is 35.9 Å². The highest BCUT2D eigenvalue weighted by atomic mass is 16.4. The maximum absolute atomic E-state index is 9.90. The number of hydrogen-bond acceptors (Lipinski definition) is 2. The Kier molecular flexibility index (Phi) is 9.05. The van der Waals surface area contributed by atoms with Crippen LogP contribution in [0.2, 0.25) is 0 Å². The number of carboxylic acid groups (broad SMARTS) is 2. The molecule has 0 heterocycles. The van der Waals surface area contributed by atoms with Crippen molar-refractivity contribution in [3.63, 3.8) is 0 Å². The van der Waals surface area contributed by atoms with Gasteiger partial charge < -0.3 is 14.7 Å². The zero-order valence-corrected chi connectivity index (χ0v) is 13.1. The fraction of sp³-hybridized carbons (Fsp3) is 0.500. The minimum Gasteiger partial charge on any atom is -0.481 e. The third-order valence-electron chi connectivity index (χ3n) is 2.53. The number of carbonyl (C=O) groups is 2. The molecule has 0 aliphatic heterocycles. The molecule has 0 atom stereocenters. The summed E-state index contributed by atoms with van der Waals surface area (Å²) in [5.74, 6) is -1.74. The monoisotopic (exact) mass is 296 g/mol. The molecular weight excluding hydrogens is 270 g/mol. The minimum atomic E-state index is -0.870. The van der Waals surface area contributed by atoms with Gasteiger partial charge in [0.1, 0.15) is 6.54 Å². The first-order valence-electron chi connectivity index (χ1n) is 6.98. The van der Waals surface area contributed by atoms with Crippen LogP contribution in [-0.2, 0) is 16.1 Å². The summed E-state index contributed by atoms with van der Waals surface area (Å²) in [5, 5.41) is 16.3. The predicted molar refractivity (Wildman–Crippen MR) is 81.9 cm³/mol. The van der Waals surface area contributed by atoms with Crippen LogP contribution in [0.1, 0.15) is 31.2 Å². The Hall–Kier alpha value is -1.88. The molecule has 2 N–H and O–H groups in total. The molecule has 21 heavy (non-hydrogen) atoms. The van der Waals surface area contributed by atoms with E-state index in [4.69, 9.17) is 10.2 Å². The van der Waals surface area contributed by atoms with Crippen LogP contribution in [-0.4, -0.2) is 47.8 Å². The van der Waals surface area contributed by atoms with E-state index >= 15 is 0 Å². The van der Waals surface area contributed by atoms with Crippen molar-refractivity contribution in [1.29, 1.82) is 0 Å². The van der Waals surface area contributed by atoms with Gasteiger partial charge in [0.2, 0.25) is 0 Å². The first-order valence-corrected chi connectivity index (χ1v) is 6.98. The molecule has 0 saturated heterocycles. The van der Waals surface area contributed by atoms with Crippen LogP contribution in [0.25, 0.3) is 0 Å². The Morgan fingerprint density at radius 1 is 0.905 bits per heavy atom. The lowest BCUT2D eigenvalue weighted by molar-refractivity contribution is -0.884. The first-order chi connectivity index (χ1) is 9.70. The minimum absolute atomic E-state index is 0.0628. The van der Waals surface area contributed by atoms with Crippen LogP contribution >= 0.6 is 0 Å². The van der Waals surface area contributed by atoms with Gasteiger partial charge in [-0.2, -0.15) is 0 Å². The summed E-state index contributed by atoms with van der Waals surface area (Å²) in [7, 11) is 6.60. The van der Waals surface area contributed by atoms with Crippen molar-refractivity contribution in [3.8, 4) is 0 Å². The Morgan fingerprint density at radius 2 is 1.33 bits per heavy atom. The second-order valence-corrected chi connectivity index (χ2v) is 5.93. The van der Waals surface area contributed by atoms with Gasteiger partial charge in [-0.05, 0) is 12.8 Å². The van der Waals surface area contributed by atoms with Gasteiger partial charge in [-0.25, -0.2) is 0 Å². The number of rotatable bonds is 7. The highest BCUT2D eigenvalue weighted by Crippen LogP contribution is 2.05. The molecule has 0 aliphatic carbocycles. The molecule has 5 heteroatoms. The molecule has 0 spiro atoms. The molecule has 118 valence electrons. The molecule has 0 fully saturated rings. The summed E-state index contributed by atoms with van der Waals surface area (Å²) in [5.41, 5.74) is 1.40. The molecule has 0 bridgehead atoms. The van der Waals surface area contributed by atoms with E-state index in [0.29, 0.717) is 12.8 Å². The van der Waals surface area contributed by atoms with Gasteiger partial charge in [0.25, 0.3) is 0 Å². The molecule has 5 nitrogen and oxygen atoms in total. The molecule has 0 aliphatic rings. The predicted octanol–water partition coefficient (Wildman–Crippen LogP) is 2.61. The van der Waals surface area contributed by atoms with Gasteiger partial charge in [0.15, 0.2) is 0 Å². The van der Waals surface area contributed by atoms with E-state index in [0.717, 1.165) is 11.0 Å². The Labute approximate surface area is 126 Å². The van der Waals surface area contributed by atoms with Crippen molar-refractivity contribution >= 4 is 11.9 Å². The van der Waals surface area contributed by atoms with E-state index in [1.165, 1.54) is 5.56 Å². The Balaban J connectivity index is 0.000000384. The zero-order valence-electron chi connectivity index (χ0n) is 13.1. The van der Waals surface area contributed by atoms with Gasteiger partial charge in [0, 0.05) is 18.4 Å². The van der Waals surface area contributed by atoms with Gasteiger partial charge in [0.05, 0.1) is 21.1 Å². The molecular formula is C16H26NO4+.